The van der Waals surface area contributed by atoms with Gasteiger partial charge < -0.3 is 19.7 Å². The van der Waals surface area contributed by atoms with Crippen LogP contribution in [0.15, 0.2) is 24.3 Å². The van der Waals surface area contributed by atoms with Crippen LogP contribution in [0.2, 0.25) is 0 Å². The molecule has 2 aliphatic rings. The van der Waals surface area contributed by atoms with Crippen LogP contribution < -0.4 is 0 Å². The topological polar surface area (TPSA) is 99.5 Å². The Morgan fingerprint density at radius 1 is 0.625 bits per heavy atom. The van der Waals surface area contributed by atoms with E-state index >= 15 is 0 Å². The summed E-state index contributed by atoms with van der Waals surface area (Å²) in [6, 6.07) is 7.85. The predicted molar refractivity (Wildman–Crippen MR) is 228 cm³/mol. The fraction of sp³-hybridized carbons (Fsp3) is 0.708. The minimum Gasteiger partial charge on any atom is -0.508 e. The Hall–Kier alpha value is -3.10. The number of benzene rings is 2. The van der Waals surface area contributed by atoms with Crippen LogP contribution in [0.3, 0.4) is 0 Å². The normalized spacial score (nSPS) is 20.7. The summed E-state index contributed by atoms with van der Waals surface area (Å²) in [5, 5.41) is 22.3. The summed E-state index contributed by atoms with van der Waals surface area (Å²) in [6.07, 6.45) is 2.58. The van der Waals surface area contributed by atoms with Crippen LogP contribution in [-0.4, -0.2) is 80.4 Å². The lowest BCUT2D eigenvalue weighted by Crippen LogP contribution is -2.61. The molecular formula is C48H76N2O6. The van der Waals surface area contributed by atoms with Crippen molar-refractivity contribution in [2.24, 2.45) is 5.92 Å². The van der Waals surface area contributed by atoms with Crippen LogP contribution in [0, 0.1) is 19.8 Å². The fourth-order valence-electron chi connectivity index (χ4n) is 9.73. The maximum Gasteiger partial charge on any atom is 0.320 e. The molecule has 56 heavy (non-hydrogen) atoms. The first-order chi connectivity index (χ1) is 25.3. The zero-order valence-electron chi connectivity index (χ0n) is 38.3. The van der Waals surface area contributed by atoms with E-state index in [-0.39, 0.29) is 69.0 Å². The summed E-state index contributed by atoms with van der Waals surface area (Å²) in [4.78, 5) is 33.8. The van der Waals surface area contributed by atoms with Gasteiger partial charge in [0.15, 0.2) is 5.92 Å². The van der Waals surface area contributed by atoms with E-state index in [0.29, 0.717) is 32.1 Å². The van der Waals surface area contributed by atoms with Gasteiger partial charge in [-0.25, -0.2) is 0 Å². The summed E-state index contributed by atoms with van der Waals surface area (Å²) in [5.74, 6) is -1.97. The first-order valence-electron chi connectivity index (χ1n) is 20.9. The molecule has 0 saturated carbocycles. The highest BCUT2D eigenvalue weighted by atomic mass is 16.6. The van der Waals surface area contributed by atoms with E-state index in [1.165, 1.54) is 0 Å². The summed E-state index contributed by atoms with van der Waals surface area (Å²) < 4.78 is 12.8. The van der Waals surface area contributed by atoms with Gasteiger partial charge in [-0.2, -0.15) is 0 Å². The largest absolute Gasteiger partial charge is 0.508 e. The maximum atomic E-state index is 14.6. The number of hydrogen-bond donors (Lipinski definition) is 2. The average molecular weight is 777 g/mol. The van der Waals surface area contributed by atoms with Gasteiger partial charge in [-0.15, -0.1) is 0 Å². The van der Waals surface area contributed by atoms with Gasteiger partial charge in [0.05, 0.1) is 0 Å². The van der Waals surface area contributed by atoms with Crippen molar-refractivity contribution in [1.29, 1.82) is 0 Å². The lowest BCUT2D eigenvalue weighted by atomic mass is 9.76. The molecule has 2 aromatic carbocycles. The Kier molecular flexibility index (Phi) is 12.7. The number of nitrogens with zero attached hydrogens (tertiary/aromatic N) is 2. The number of aryl methyl sites for hydroxylation is 2. The minimum absolute atomic E-state index is 0.206. The SMILES string of the molecule is Cc1cc(O)c(C(C)(C)C)cc1C(CCC(C(=O)OC1CC(C)(C)N(C)C(C)(C)C1)C(=O)OC1CC(C)(C)N(C)C(C)(C)C1)c1cc(C(C)(C)C)c(O)cc1C. The minimum atomic E-state index is -1.13. The molecule has 2 heterocycles. The van der Waals surface area contributed by atoms with Gasteiger partial charge in [0.1, 0.15) is 23.7 Å². The van der Waals surface area contributed by atoms with Gasteiger partial charge in [0.2, 0.25) is 0 Å². The van der Waals surface area contributed by atoms with Crippen molar-refractivity contribution < 1.29 is 29.3 Å². The summed E-state index contributed by atoms with van der Waals surface area (Å²) >= 11 is 0. The Balaban J connectivity index is 1.81. The van der Waals surface area contributed by atoms with Gasteiger partial charge in [-0.3, -0.25) is 19.4 Å². The fourth-order valence-corrected chi connectivity index (χ4v) is 9.73. The second kappa shape index (κ2) is 15.6. The molecule has 0 aliphatic carbocycles. The van der Waals surface area contributed by atoms with E-state index in [1.807, 2.05) is 26.0 Å². The van der Waals surface area contributed by atoms with E-state index in [2.05, 4.69) is 133 Å². The number of esters is 2. The molecular weight excluding hydrogens is 701 g/mol. The quantitative estimate of drug-likeness (QED) is 0.192. The van der Waals surface area contributed by atoms with Gasteiger partial charge >= 0.3 is 11.9 Å². The lowest BCUT2D eigenvalue weighted by molar-refractivity contribution is -0.177. The van der Waals surface area contributed by atoms with Gasteiger partial charge in [0.25, 0.3) is 0 Å². The van der Waals surface area contributed by atoms with Crippen LogP contribution in [0.25, 0.3) is 0 Å². The van der Waals surface area contributed by atoms with E-state index in [0.717, 1.165) is 33.4 Å². The van der Waals surface area contributed by atoms with E-state index in [9.17, 15) is 19.8 Å². The van der Waals surface area contributed by atoms with Crippen molar-refractivity contribution in [3.8, 4) is 11.5 Å². The third-order valence-electron chi connectivity index (χ3n) is 13.6. The molecule has 0 amide bonds. The van der Waals surface area contributed by atoms with E-state index in [1.54, 1.807) is 0 Å². The number of rotatable bonds is 9. The Morgan fingerprint density at radius 3 is 1.21 bits per heavy atom. The predicted octanol–water partition coefficient (Wildman–Crippen LogP) is 10.2. The molecule has 2 aromatic rings. The molecule has 2 aliphatic heterocycles. The van der Waals surface area contributed by atoms with Crippen LogP contribution in [-0.2, 0) is 29.9 Å². The zero-order valence-corrected chi connectivity index (χ0v) is 38.3. The number of piperidine rings is 2. The second-order valence-corrected chi connectivity index (χ2v) is 21.9. The molecule has 0 atom stereocenters. The molecule has 4 rings (SSSR count). The number of ether oxygens (including phenoxy) is 2. The maximum absolute atomic E-state index is 14.6. The molecule has 0 unspecified atom stereocenters. The van der Waals surface area contributed by atoms with Crippen molar-refractivity contribution in [3.63, 3.8) is 0 Å². The number of carbonyl (C=O) groups is 2. The Labute approximate surface area is 339 Å². The van der Waals surface area contributed by atoms with Crippen molar-refractivity contribution in [2.75, 3.05) is 14.1 Å². The van der Waals surface area contributed by atoms with Crippen LogP contribution in [0.4, 0.5) is 0 Å². The molecule has 2 saturated heterocycles. The van der Waals surface area contributed by atoms with Crippen molar-refractivity contribution in [3.05, 3.63) is 57.6 Å². The summed E-state index contributed by atoms with van der Waals surface area (Å²) in [6.45, 7) is 33.9. The number of hydrogen-bond acceptors (Lipinski definition) is 8. The van der Waals surface area contributed by atoms with Crippen LogP contribution >= 0.6 is 0 Å². The molecule has 0 bridgehead atoms. The molecule has 8 heteroatoms. The Morgan fingerprint density at radius 2 is 0.929 bits per heavy atom. The van der Waals surface area contributed by atoms with Crippen molar-refractivity contribution in [2.45, 2.75) is 200 Å². The number of aromatic hydroxyl groups is 2. The molecule has 2 fully saturated rings. The Bertz CT molecular complexity index is 1610. The first kappa shape index (κ1) is 45.6. The van der Waals surface area contributed by atoms with Crippen LogP contribution in [0.1, 0.15) is 175 Å². The molecule has 0 aromatic heterocycles. The highest BCUT2D eigenvalue weighted by molar-refractivity contribution is 5.95. The van der Waals surface area contributed by atoms with Crippen molar-refractivity contribution >= 4 is 11.9 Å². The molecule has 314 valence electrons. The number of phenolic OH excluding ortho intramolecular Hbond substituents is 2. The van der Waals surface area contributed by atoms with Gasteiger partial charge in [-0.1, -0.05) is 53.7 Å². The smallest absolute Gasteiger partial charge is 0.320 e. The van der Waals surface area contributed by atoms with Gasteiger partial charge in [-0.05, 0) is 153 Å². The third-order valence-corrected chi connectivity index (χ3v) is 13.6. The highest BCUT2D eigenvalue weighted by Gasteiger charge is 2.48. The summed E-state index contributed by atoms with van der Waals surface area (Å²) in [7, 11) is 4.24. The monoisotopic (exact) mass is 777 g/mol. The third kappa shape index (κ3) is 9.77. The van der Waals surface area contributed by atoms with Crippen LogP contribution in [0.5, 0.6) is 11.5 Å². The second-order valence-electron chi connectivity index (χ2n) is 21.9. The lowest BCUT2D eigenvalue weighted by Gasteiger charge is -2.53. The average Bonchev–Trinajstić information content (AvgIpc) is 2.99. The number of likely N-dealkylation sites (tertiary alicyclic amines) is 2. The van der Waals surface area contributed by atoms with E-state index in [4.69, 9.17) is 9.47 Å². The number of carbonyl (C=O) groups excluding carboxylic acids is 2. The standard InChI is InChI=1S/C48H76N2O6/c1-29-21-39(51)37(43(3,4)5)23-35(29)33(36-24-38(44(6,7)8)40(52)22-30(36)2)19-20-34(41(53)55-31-25-45(9,10)49(17)46(11,12)26-31)42(54)56-32-27-47(13,14)50(18)48(15,16)28-32/h21-24,31-34,51-52H,19-20,25-28H2,1-18H3. The van der Waals surface area contributed by atoms with E-state index < -0.39 is 17.9 Å². The highest BCUT2D eigenvalue weighted by Crippen LogP contribution is 2.45. The molecule has 0 radical (unpaired) electrons. The van der Waals surface area contributed by atoms with Gasteiger partial charge in [0, 0.05) is 53.8 Å². The first-order valence-corrected chi connectivity index (χ1v) is 20.9. The summed E-state index contributed by atoms with van der Waals surface area (Å²) in [5.41, 5.74) is 4.01. The molecule has 0 spiro atoms. The van der Waals surface area contributed by atoms with Crippen molar-refractivity contribution in [1.82, 2.24) is 9.80 Å². The zero-order chi connectivity index (χ0) is 42.7. The molecule has 8 nitrogen and oxygen atoms in total. The molecule has 2 N–H and O–H groups in total. The number of phenols is 2.